The molecular weight excluding hydrogens is 369 g/mol. The molecule has 0 aliphatic heterocycles. The van der Waals surface area contributed by atoms with Gasteiger partial charge in [-0.3, -0.25) is 4.72 Å². The molecule has 0 unspecified atom stereocenters. The molecule has 0 saturated heterocycles. The van der Waals surface area contributed by atoms with Crippen molar-refractivity contribution in [2.24, 2.45) is 0 Å². The van der Waals surface area contributed by atoms with Crippen molar-refractivity contribution in [3.8, 4) is 0 Å². The maximum absolute atomic E-state index is 13.3. The van der Waals surface area contributed by atoms with E-state index in [0.29, 0.717) is 11.4 Å². The van der Waals surface area contributed by atoms with Crippen LogP contribution in [0, 0.1) is 5.82 Å². The molecule has 0 aliphatic carbocycles. The van der Waals surface area contributed by atoms with E-state index in [1.807, 2.05) is 6.07 Å². The van der Waals surface area contributed by atoms with E-state index in [1.54, 1.807) is 36.4 Å². The van der Waals surface area contributed by atoms with Crippen LogP contribution in [-0.4, -0.2) is 14.4 Å². The fourth-order valence-corrected chi connectivity index (χ4v) is 3.40. The van der Waals surface area contributed by atoms with Gasteiger partial charge < -0.3 is 10.6 Å². The molecule has 0 heterocycles. The SMILES string of the molecule is O=C(Nc1ccccc1)Nc1cccc(NS(=O)(=O)c2cccc(F)c2)c1. The van der Waals surface area contributed by atoms with E-state index >= 15 is 0 Å². The number of anilines is 3. The second-order valence-corrected chi connectivity index (χ2v) is 7.27. The molecule has 0 aliphatic rings. The van der Waals surface area contributed by atoms with Gasteiger partial charge in [-0.1, -0.05) is 30.3 Å². The second-order valence-electron chi connectivity index (χ2n) is 5.59. The highest BCUT2D eigenvalue weighted by molar-refractivity contribution is 7.92. The second kappa shape index (κ2) is 7.88. The lowest BCUT2D eigenvalue weighted by molar-refractivity contribution is 0.262. The summed E-state index contributed by atoms with van der Waals surface area (Å²) in [6.45, 7) is 0. The van der Waals surface area contributed by atoms with E-state index in [4.69, 9.17) is 0 Å². The first-order valence-corrected chi connectivity index (χ1v) is 9.42. The predicted octanol–water partition coefficient (Wildman–Crippen LogP) is 4.27. The van der Waals surface area contributed by atoms with Crippen LogP contribution in [-0.2, 0) is 10.0 Å². The Morgan fingerprint density at radius 1 is 0.741 bits per heavy atom. The molecule has 8 heteroatoms. The fraction of sp³-hybridized carbons (Fsp3) is 0. The van der Waals surface area contributed by atoms with Gasteiger partial charge in [0.1, 0.15) is 5.82 Å². The van der Waals surface area contributed by atoms with Gasteiger partial charge >= 0.3 is 6.03 Å². The van der Waals surface area contributed by atoms with Crippen LogP contribution in [0.1, 0.15) is 0 Å². The van der Waals surface area contributed by atoms with E-state index < -0.39 is 21.9 Å². The highest BCUT2D eigenvalue weighted by atomic mass is 32.2. The number of halogens is 1. The largest absolute Gasteiger partial charge is 0.323 e. The van der Waals surface area contributed by atoms with Gasteiger partial charge in [0.2, 0.25) is 0 Å². The van der Waals surface area contributed by atoms with Gasteiger partial charge in [0, 0.05) is 11.4 Å². The van der Waals surface area contributed by atoms with Crippen molar-refractivity contribution in [1.29, 1.82) is 0 Å². The molecule has 6 nitrogen and oxygen atoms in total. The Hall–Kier alpha value is -3.39. The minimum absolute atomic E-state index is 0.192. The quantitative estimate of drug-likeness (QED) is 0.613. The van der Waals surface area contributed by atoms with E-state index in [2.05, 4.69) is 15.4 Å². The summed E-state index contributed by atoms with van der Waals surface area (Å²) < 4.78 is 40.3. The van der Waals surface area contributed by atoms with Crippen LogP contribution in [0.2, 0.25) is 0 Å². The van der Waals surface area contributed by atoms with Gasteiger partial charge in [-0.15, -0.1) is 0 Å². The van der Waals surface area contributed by atoms with Gasteiger partial charge in [-0.25, -0.2) is 17.6 Å². The molecule has 2 amide bonds. The Morgan fingerprint density at radius 3 is 2.11 bits per heavy atom. The molecule has 0 atom stereocenters. The summed E-state index contributed by atoms with van der Waals surface area (Å²) in [4.78, 5) is 11.8. The van der Waals surface area contributed by atoms with Crippen LogP contribution in [0.3, 0.4) is 0 Å². The molecule has 3 rings (SSSR count). The number of urea groups is 1. The Kier molecular flexibility index (Phi) is 5.37. The number of hydrogen-bond acceptors (Lipinski definition) is 3. The van der Waals surface area contributed by atoms with Gasteiger partial charge in [0.05, 0.1) is 10.6 Å². The summed E-state index contributed by atoms with van der Waals surface area (Å²) >= 11 is 0. The number of nitrogens with one attached hydrogen (secondary N) is 3. The van der Waals surface area contributed by atoms with Crippen molar-refractivity contribution in [2.45, 2.75) is 4.90 Å². The fourth-order valence-electron chi connectivity index (χ4n) is 2.32. The third kappa shape index (κ3) is 5.05. The Bertz CT molecular complexity index is 1060. The van der Waals surface area contributed by atoms with E-state index in [1.165, 1.54) is 24.3 Å². The van der Waals surface area contributed by atoms with Crippen LogP contribution >= 0.6 is 0 Å². The number of hydrogen-bond donors (Lipinski definition) is 3. The summed E-state index contributed by atoms with van der Waals surface area (Å²) in [5.74, 6) is -0.647. The van der Waals surface area contributed by atoms with E-state index in [9.17, 15) is 17.6 Å². The first-order chi connectivity index (χ1) is 12.9. The summed E-state index contributed by atoms with van der Waals surface area (Å²) in [6.07, 6.45) is 0. The average Bonchev–Trinajstić information content (AvgIpc) is 2.62. The number of benzene rings is 3. The van der Waals surface area contributed by atoms with Crippen LogP contribution in [0.5, 0.6) is 0 Å². The van der Waals surface area contributed by atoms with Crippen LogP contribution in [0.15, 0.2) is 83.8 Å². The molecule has 27 heavy (non-hydrogen) atoms. The lowest BCUT2D eigenvalue weighted by Crippen LogP contribution is -2.19. The smallest absolute Gasteiger partial charge is 0.308 e. The molecule has 0 spiro atoms. The molecule has 0 bridgehead atoms. The summed E-state index contributed by atoms with van der Waals surface area (Å²) in [6, 6.07) is 19.3. The van der Waals surface area contributed by atoms with Crippen molar-refractivity contribution < 1.29 is 17.6 Å². The van der Waals surface area contributed by atoms with Crippen LogP contribution in [0.25, 0.3) is 0 Å². The number of sulfonamides is 1. The molecule has 0 aromatic heterocycles. The average molecular weight is 385 g/mol. The zero-order valence-electron chi connectivity index (χ0n) is 14.0. The Balaban J connectivity index is 1.71. The molecule has 138 valence electrons. The lowest BCUT2D eigenvalue weighted by Gasteiger charge is -2.11. The minimum Gasteiger partial charge on any atom is -0.308 e. The summed E-state index contributed by atoms with van der Waals surface area (Å²) in [5.41, 5.74) is 1.25. The summed E-state index contributed by atoms with van der Waals surface area (Å²) in [5, 5.41) is 5.28. The molecule has 3 N–H and O–H groups in total. The molecular formula is C19H16FN3O3S. The van der Waals surface area contributed by atoms with Crippen molar-refractivity contribution in [3.63, 3.8) is 0 Å². The standard InChI is InChI=1S/C19H16FN3O3S/c20-14-6-4-11-18(12-14)27(25,26)23-17-10-5-9-16(13-17)22-19(24)21-15-7-2-1-3-8-15/h1-13,23H,(H2,21,22,24). The minimum atomic E-state index is -3.95. The number of carbonyl (C=O) groups excluding carboxylic acids is 1. The number of carbonyl (C=O) groups is 1. The molecule has 3 aromatic rings. The first kappa shape index (κ1) is 18.4. The highest BCUT2D eigenvalue weighted by Gasteiger charge is 2.15. The maximum Gasteiger partial charge on any atom is 0.323 e. The third-order valence-corrected chi connectivity index (χ3v) is 4.89. The number of rotatable bonds is 5. The van der Waals surface area contributed by atoms with Crippen molar-refractivity contribution in [2.75, 3.05) is 15.4 Å². The van der Waals surface area contributed by atoms with Gasteiger partial charge in [-0.2, -0.15) is 0 Å². The van der Waals surface area contributed by atoms with Gasteiger partial charge in [0.25, 0.3) is 10.0 Å². The predicted molar refractivity (Wildman–Crippen MR) is 103 cm³/mol. The van der Waals surface area contributed by atoms with Crippen LogP contribution in [0.4, 0.5) is 26.2 Å². The molecule has 3 aromatic carbocycles. The molecule has 0 saturated carbocycles. The zero-order chi connectivity index (χ0) is 19.3. The van der Waals surface area contributed by atoms with Gasteiger partial charge in [-0.05, 0) is 48.5 Å². The third-order valence-electron chi connectivity index (χ3n) is 3.51. The normalized spacial score (nSPS) is 10.9. The first-order valence-electron chi connectivity index (χ1n) is 7.94. The molecule has 0 radical (unpaired) electrons. The van der Waals surface area contributed by atoms with Crippen molar-refractivity contribution in [3.05, 3.63) is 84.7 Å². The summed E-state index contributed by atoms with van der Waals surface area (Å²) in [7, 11) is -3.95. The number of amides is 2. The lowest BCUT2D eigenvalue weighted by atomic mass is 10.3. The Labute approximate surface area is 156 Å². The topological polar surface area (TPSA) is 87.3 Å². The van der Waals surface area contributed by atoms with Crippen molar-refractivity contribution in [1.82, 2.24) is 0 Å². The van der Waals surface area contributed by atoms with Crippen LogP contribution < -0.4 is 15.4 Å². The zero-order valence-corrected chi connectivity index (χ0v) is 14.8. The highest BCUT2D eigenvalue weighted by Crippen LogP contribution is 2.20. The maximum atomic E-state index is 13.3. The van der Waals surface area contributed by atoms with Crippen molar-refractivity contribution >= 4 is 33.1 Å². The van der Waals surface area contributed by atoms with E-state index in [-0.39, 0.29) is 10.6 Å². The monoisotopic (exact) mass is 385 g/mol. The Morgan fingerprint density at radius 2 is 1.37 bits per heavy atom. The number of para-hydroxylation sites is 1. The van der Waals surface area contributed by atoms with Gasteiger partial charge in [0.15, 0.2) is 0 Å². The van der Waals surface area contributed by atoms with E-state index in [0.717, 1.165) is 12.1 Å². The molecule has 0 fully saturated rings.